The molecule has 146 valence electrons. The number of thiazole rings is 1. The van der Waals surface area contributed by atoms with Gasteiger partial charge in [0, 0.05) is 23.7 Å². The Labute approximate surface area is 162 Å². The standard InChI is InChI=1S/C19H25N3O4S/c1-5-25-19(24)18-21-14(10-27-18)15-9-13(17(23)20-11(2)3)12(4)22(15)16-7-6-8-26-16/h9-11,16H,5-8H2,1-4H3,(H,20,23). The van der Waals surface area contributed by atoms with Crippen molar-refractivity contribution in [3.8, 4) is 11.4 Å². The van der Waals surface area contributed by atoms with E-state index in [1.165, 1.54) is 11.3 Å². The molecular weight excluding hydrogens is 366 g/mol. The summed E-state index contributed by atoms with van der Waals surface area (Å²) in [4.78, 5) is 29.0. The number of carbonyl (C=O) groups is 2. The summed E-state index contributed by atoms with van der Waals surface area (Å²) in [6.45, 7) is 8.53. The highest BCUT2D eigenvalue weighted by Gasteiger charge is 2.28. The third-order valence-corrected chi connectivity index (χ3v) is 5.19. The maximum Gasteiger partial charge on any atom is 0.367 e. The average molecular weight is 391 g/mol. The van der Waals surface area contributed by atoms with E-state index in [4.69, 9.17) is 9.47 Å². The maximum atomic E-state index is 12.6. The minimum atomic E-state index is -0.432. The van der Waals surface area contributed by atoms with E-state index in [2.05, 4.69) is 10.3 Å². The number of hydrogen-bond acceptors (Lipinski definition) is 6. The highest BCUT2D eigenvalue weighted by Crippen LogP contribution is 2.34. The number of rotatable bonds is 6. The molecule has 1 aliphatic rings. The van der Waals surface area contributed by atoms with E-state index in [0.29, 0.717) is 29.5 Å². The molecule has 0 bridgehead atoms. The molecule has 1 unspecified atom stereocenters. The first kappa shape index (κ1) is 19.6. The van der Waals surface area contributed by atoms with Crippen LogP contribution < -0.4 is 5.32 Å². The van der Waals surface area contributed by atoms with E-state index < -0.39 is 5.97 Å². The number of esters is 1. The van der Waals surface area contributed by atoms with Gasteiger partial charge in [0.15, 0.2) is 0 Å². The number of carbonyl (C=O) groups excluding carboxylic acids is 2. The number of nitrogens with one attached hydrogen (secondary N) is 1. The quantitative estimate of drug-likeness (QED) is 0.762. The Bertz CT molecular complexity index is 834. The highest BCUT2D eigenvalue weighted by atomic mass is 32.1. The predicted molar refractivity (Wildman–Crippen MR) is 103 cm³/mol. The van der Waals surface area contributed by atoms with Crippen LogP contribution in [0.1, 0.15) is 65.7 Å². The second kappa shape index (κ2) is 8.22. The van der Waals surface area contributed by atoms with E-state index in [1.54, 1.807) is 6.92 Å². The van der Waals surface area contributed by atoms with Crippen LogP contribution in [0.5, 0.6) is 0 Å². The van der Waals surface area contributed by atoms with Crippen LogP contribution in [0.15, 0.2) is 11.4 Å². The van der Waals surface area contributed by atoms with E-state index >= 15 is 0 Å². The van der Waals surface area contributed by atoms with Gasteiger partial charge in [0.1, 0.15) is 6.23 Å². The van der Waals surface area contributed by atoms with Gasteiger partial charge in [-0.1, -0.05) is 0 Å². The van der Waals surface area contributed by atoms with E-state index in [0.717, 1.165) is 24.2 Å². The largest absolute Gasteiger partial charge is 0.461 e. The van der Waals surface area contributed by atoms with Gasteiger partial charge in [0.05, 0.1) is 23.6 Å². The van der Waals surface area contributed by atoms with Crippen molar-refractivity contribution >= 4 is 23.2 Å². The lowest BCUT2D eigenvalue weighted by Crippen LogP contribution is -2.30. The SMILES string of the molecule is CCOC(=O)c1nc(-c2cc(C(=O)NC(C)C)c(C)n2C2CCCO2)cs1. The Balaban J connectivity index is 2.03. The van der Waals surface area contributed by atoms with Crippen molar-refractivity contribution in [1.29, 1.82) is 0 Å². The molecule has 0 aromatic carbocycles. The third kappa shape index (κ3) is 4.06. The molecule has 3 rings (SSSR count). The van der Waals surface area contributed by atoms with Gasteiger partial charge in [0.2, 0.25) is 5.01 Å². The average Bonchev–Trinajstić information content (AvgIpc) is 3.33. The fraction of sp³-hybridized carbons (Fsp3) is 0.526. The summed E-state index contributed by atoms with van der Waals surface area (Å²) >= 11 is 1.24. The van der Waals surface area contributed by atoms with Crippen molar-refractivity contribution < 1.29 is 19.1 Å². The summed E-state index contributed by atoms with van der Waals surface area (Å²) in [6.07, 6.45) is 1.72. The number of ether oxygens (including phenoxy) is 2. The first-order chi connectivity index (χ1) is 12.9. The topological polar surface area (TPSA) is 82.5 Å². The molecule has 0 radical (unpaired) electrons. The highest BCUT2D eigenvalue weighted by molar-refractivity contribution is 7.11. The number of hydrogen-bond donors (Lipinski definition) is 1. The zero-order valence-corrected chi connectivity index (χ0v) is 16.9. The molecule has 2 aromatic heterocycles. The first-order valence-electron chi connectivity index (χ1n) is 9.19. The van der Waals surface area contributed by atoms with Crippen LogP contribution in [0.25, 0.3) is 11.4 Å². The lowest BCUT2D eigenvalue weighted by Gasteiger charge is -2.18. The van der Waals surface area contributed by atoms with E-state index in [-0.39, 0.29) is 18.2 Å². The van der Waals surface area contributed by atoms with Crippen molar-refractivity contribution in [2.24, 2.45) is 0 Å². The summed E-state index contributed by atoms with van der Waals surface area (Å²) in [5.41, 5.74) is 2.85. The van der Waals surface area contributed by atoms with Crippen LogP contribution in [0.3, 0.4) is 0 Å². The Kier molecular flexibility index (Phi) is 5.96. The molecule has 1 aliphatic heterocycles. The van der Waals surface area contributed by atoms with Crippen LogP contribution in [0, 0.1) is 6.92 Å². The van der Waals surface area contributed by atoms with Crippen molar-refractivity contribution in [2.75, 3.05) is 13.2 Å². The second-order valence-electron chi connectivity index (χ2n) is 6.75. The molecule has 7 nitrogen and oxygen atoms in total. The van der Waals surface area contributed by atoms with Crippen LogP contribution in [0.2, 0.25) is 0 Å². The minimum Gasteiger partial charge on any atom is -0.461 e. The Morgan fingerprint density at radius 3 is 2.89 bits per heavy atom. The van der Waals surface area contributed by atoms with Gasteiger partial charge < -0.3 is 19.4 Å². The summed E-state index contributed by atoms with van der Waals surface area (Å²) in [5, 5.41) is 5.06. The van der Waals surface area contributed by atoms with Crippen LogP contribution in [-0.2, 0) is 9.47 Å². The number of amides is 1. The van der Waals surface area contributed by atoms with Gasteiger partial charge in [-0.25, -0.2) is 9.78 Å². The summed E-state index contributed by atoms with van der Waals surface area (Å²) in [7, 11) is 0. The normalized spacial score (nSPS) is 16.7. The molecule has 1 amide bonds. The van der Waals surface area contributed by atoms with E-state index in [1.807, 2.05) is 36.8 Å². The zero-order valence-electron chi connectivity index (χ0n) is 16.1. The number of nitrogens with zero attached hydrogens (tertiary/aromatic N) is 2. The molecule has 0 saturated carbocycles. The zero-order chi connectivity index (χ0) is 19.6. The Morgan fingerprint density at radius 2 is 2.26 bits per heavy atom. The monoisotopic (exact) mass is 391 g/mol. The molecule has 0 spiro atoms. The Hall–Kier alpha value is -2.19. The van der Waals surface area contributed by atoms with Crippen molar-refractivity contribution in [3.63, 3.8) is 0 Å². The van der Waals surface area contributed by atoms with Gasteiger partial charge in [-0.15, -0.1) is 11.3 Å². The second-order valence-corrected chi connectivity index (χ2v) is 7.61. The van der Waals surface area contributed by atoms with Crippen molar-refractivity contribution in [2.45, 2.75) is 52.8 Å². The molecule has 3 heterocycles. The molecule has 27 heavy (non-hydrogen) atoms. The van der Waals surface area contributed by atoms with Crippen LogP contribution in [-0.4, -0.2) is 40.7 Å². The molecule has 2 aromatic rings. The van der Waals surface area contributed by atoms with Gasteiger partial charge in [-0.3, -0.25) is 4.79 Å². The molecular formula is C19H25N3O4S. The van der Waals surface area contributed by atoms with Gasteiger partial charge in [-0.05, 0) is 46.6 Å². The van der Waals surface area contributed by atoms with Gasteiger partial charge in [0.25, 0.3) is 5.91 Å². The lowest BCUT2D eigenvalue weighted by atomic mass is 10.2. The third-order valence-electron chi connectivity index (χ3n) is 4.37. The number of aromatic nitrogens is 2. The first-order valence-corrected chi connectivity index (χ1v) is 10.1. The summed E-state index contributed by atoms with van der Waals surface area (Å²) in [5.74, 6) is -0.556. The molecule has 1 atom stereocenters. The molecule has 1 saturated heterocycles. The van der Waals surface area contributed by atoms with E-state index in [9.17, 15) is 9.59 Å². The smallest absolute Gasteiger partial charge is 0.367 e. The molecule has 1 N–H and O–H groups in total. The van der Waals surface area contributed by atoms with Crippen molar-refractivity contribution in [1.82, 2.24) is 14.9 Å². The maximum absolute atomic E-state index is 12.6. The predicted octanol–water partition coefficient (Wildman–Crippen LogP) is 3.54. The van der Waals surface area contributed by atoms with Gasteiger partial charge >= 0.3 is 5.97 Å². The molecule has 0 aliphatic carbocycles. The summed E-state index contributed by atoms with van der Waals surface area (Å²) in [6, 6.07) is 1.87. The Morgan fingerprint density at radius 1 is 1.48 bits per heavy atom. The van der Waals surface area contributed by atoms with Crippen molar-refractivity contribution in [3.05, 3.63) is 27.7 Å². The minimum absolute atomic E-state index is 0.0427. The molecule has 1 fully saturated rings. The summed E-state index contributed by atoms with van der Waals surface area (Å²) < 4.78 is 12.9. The van der Waals surface area contributed by atoms with Crippen LogP contribution >= 0.6 is 11.3 Å². The van der Waals surface area contributed by atoms with Crippen LogP contribution in [0.4, 0.5) is 0 Å². The van der Waals surface area contributed by atoms with Gasteiger partial charge in [-0.2, -0.15) is 0 Å². The fourth-order valence-electron chi connectivity index (χ4n) is 3.20. The molecule has 8 heteroatoms. The lowest BCUT2D eigenvalue weighted by molar-refractivity contribution is 0.0526. The fourth-order valence-corrected chi connectivity index (χ4v) is 3.90.